The van der Waals surface area contributed by atoms with Crippen molar-refractivity contribution in [3.63, 3.8) is 0 Å². The molecule has 0 saturated carbocycles. The van der Waals surface area contributed by atoms with E-state index in [0.29, 0.717) is 0 Å². The quantitative estimate of drug-likeness (QED) is 0.670. The van der Waals surface area contributed by atoms with Crippen LogP contribution in [-0.4, -0.2) is 6.54 Å². The summed E-state index contributed by atoms with van der Waals surface area (Å²) in [6, 6.07) is 15.4. The zero-order valence-electron chi connectivity index (χ0n) is 11.3. The number of thiophene rings is 1. The highest BCUT2D eigenvalue weighted by Crippen LogP contribution is 2.33. The van der Waals surface area contributed by atoms with Crippen LogP contribution < -0.4 is 5.32 Å². The molecule has 0 amide bonds. The highest BCUT2D eigenvalue weighted by atomic mass is 79.9. The maximum Gasteiger partial charge on any atom is 0.0590 e. The van der Waals surface area contributed by atoms with Gasteiger partial charge in [-0.1, -0.05) is 53.2 Å². The molecule has 3 aromatic rings. The van der Waals surface area contributed by atoms with Crippen molar-refractivity contribution < 1.29 is 0 Å². The minimum absolute atomic E-state index is 0.254. The Morgan fingerprint density at radius 3 is 2.60 bits per heavy atom. The molecule has 3 heteroatoms. The molecule has 0 aliphatic carbocycles. The highest BCUT2D eigenvalue weighted by Gasteiger charge is 2.16. The number of fused-ring (bicyclic) bond motifs is 1. The number of hydrogen-bond donors (Lipinski definition) is 1. The van der Waals surface area contributed by atoms with Gasteiger partial charge in [-0.2, -0.15) is 11.3 Å². The molecule has 1 N–H and O–H groups in total. The van der Waals surface area contributed by atoms with Gasteiger partial charge < -0.3 is 5.32 Å². The third-order valence-corrected chi connectivity index (χ3v) is 4.89. The summed E-state index contributed by atoms with van der Waals surface area (Å²) in [4.78, 5) is 0. The second-order valence-corrected chi connectivity index (χ2v) is 6.36. The summed E-state index contributed by atoms with van der Waals surface area (Å²) in [6.45, 7) is 3.10. The molecule has 0 radical (unpaired) electrons. The maximum absolute atomic E-state index is 3.65. The molecule has 0 aliphatic rings. The lowest BCUT2D eigenvalue weighted by Gasteiger charge is -2.20. The smallest absolute Gasteiger partial charge is 0.0590 e. The highest BCUT2D eigenvalue weighted by molar-refractivity contribution is 9.10. The van der Waals surface area contributed by atoms with Crippen molar-refractivity contribution in [1.82, 2.24) is 5.32 Å². The minimum Gasteiger partial charge on any atom is -0.306 e. The molecule has 1 nitrogen and oxygen atoms in total. The number of nitrogens with one attached hydrogen (secondary N) is 1. The van der Waals surface area contributed by atoms with E-state index < -0.39 is 0 Å². The molecule has 1 unspecified atom stereocenters. The molecular weight excluding hydrogens is 330 g/mol. The molecule has 0 bridgehead atoms. The molecule has 0 aliphatic heterocycles. The molecule has 102 valence electrons. The van der Waals surface area contributed by atoms with Crippen molar-refractivity contribution in [1.29, 1.82) is 0 Å². The van der Waals surface area contributed by atoms with E-state index in [-0.39, 0.29) is 6.04 Å². The average molecular weight is 346 g/mol. The van der Waals surface area contributed by atoms with Gasteiger partial charge in [-0.05, 0) is 51.3 Å². The van der Waals surface area contributed by atoms with Crippen LogP contribution in [-0.2, 0) is 0 Å². The molecule has 1 atom stereocenters. The van der Waals surface area contributed by atoms with Crippen molar-refractivity contribution in [2.75, 3.05) is 6.54 Å². The van der Waals surface area contributed by atoms with Gasteiger partial charge in [0.05, 0.1) is 6.04 Å². The van der Waals surface area contributed by atoms with Gasteiger partial charge in [0.15, 0.2) is 0 Å². The monoisotopic (exact) mass is 345 g/mol. The van der Waals surface area contributed by atoms with Crippen molar-refractivity contribution in [3.05, 3.63) is 68.8 Å². The Morgan fingerprint density at radius 2 is 1.90 bits per heavy atom. The fraction of sp³-hybridized carbons (Fsp3) is 0.176. The first-order valence-corrected chi connectivity index (χ1v) is 8.47. The minimum atomic E-state index is 0.254. The van der Waals surface area contributed by atoms with E-state index in [4.69, 9.17) is 0 Å². The first kappa shape index (κ1) is 13.8. The van der Waals surface area contributed by atoms with E-state index >= 15 is 0 Å². The zero-order valence-corrected chi connectivity index (χ0v) is 13.7. The van der Waals surface area contributed by atoms with Crippen LogP contribution in [0.2, 0.25) is 0 Å². The van der Waals surface area contributed by atoms with E-state index in [1.807, 2.05) is 0 Å². The number of benzene rings is 2. The van der Waals surface area contributed by atoms with Gasteiger partial charge in [0.25, 0.3) is 0 Å². The van der Waals surface area contributed by atoms with E-state index in [1.165, 1.54) is 21.9 Å². The summed E-state index contributed by atoms with van der Waals surface area (Å²) >= 11 is 5.40. The normalized spacial score (nSPS) is 12.7. The Balaban J connectivity index is 2.19. The summed E-state index contributed by atoms with van der Waals surface area (Å²) < 4.78 is 1.15. The van der Waals surface area contributed by atoms with E-state index in [9.17, 15) is 0 Å². The second-order valence-electron chi connectivity index (χ2n) is 4.73. The molecule has 3 rings (SSSR count). The van der Waals surface area contributed by atoms with Crippen LogP contribution in [0.15, 0.2) is 57.7 Å². The fourth-order valence-corrected chi connectivity index (χ4v) is 3.75. The van der Waals surface area contributed by atoms with E-state index in [0.717, 1.165) is 11.0 Å². The standard InChI is InChI=1S/C17H16BrNS/c1-2-19-17(12-9-10-20-11-12)15-7-8-16(18)14-6-4-3-5-13(14)15/h3-11,17,19H,2H2,1H3. The Labute approximate surface area is 131 Å². The van der Waals surface area contributed by atoms with Crippen molar-refractivity contribution in [3.8, 4) is 0 Å². The van der Waals surface area contributed by atoms with Gasteiger partial charge in [0, 0.05) is 4.47 Å². The van der Waals surface area contributed by atoms with Gasteiger partial charge in [-0.15, -0.1) is 0 Å². The SMILES string of the molecule is CCNC(c1ccsc1)c1ccc(Br)c2ccccc12. The first-order valence-electron chi connectivity index (χ1n) is 6.74. The van der Waals surface area contributed by atoms with Crippen molar-refractivity contribution in [2.45, 2.75) is 13.0 Å². The summed E-state index contributed by atoms with van der Waals surface area (Å²) in [5.41, 5.74) is 2.67. The second kappa shape index (κ2) is 6.08. The van der Waals surface area contributed by atoms with Crippen molar-refractivity contribution >= 4 is 38.0 Å². The first-order chi connectivity index (χ1) is 9.81. The topological polar surface area (TPSA) is 12.0 Å². The third kappa shape index (κ3) is 2.53. The number of halogens is 1. The van der Waals surface area contributed by atoms with Crippen LogP contribution in [0.4, 0.5) is 0 Å². The third-order valence-electron chi connectivity index (χ3n) is 3.50. The van der Waals surface area contributed by atoms with Gasteiger partial charge in [0.1, 0.15) is 0 Å². The van der Waals surface area contributed by atoms with Gasteiger partial charge in [-0.3, -0.25) is 0 Å². The van der Waals surface area contributed by atoms with Crippen LogP contribution in [0, 0.1) is 0 Å². The number of hydrogen-bond acceptors (Lipinski definition) is 2. The maximum atomic E-state index is 3.65. The van der Waals surface area contributed by atoms with Crippen LogP contribution in [0.1, 0.15) is 24.1 Å². The Bertz CT molecular complexity index is 706. The molecule has 1 heterocycles. The lowest BCUT2D eigenvalue weighted by molar-refractivity contribution is 0.636. The molecular formula is C17H16BrNS. The van der Waals surface area contributed by atoms with E-state index in [1.54, 1.807) is 11.3 Å². The Kier molecular flexibility index (Phi) is 4.20. The number of rotatable bonds is 4. The summed E-state index contributed by atoms with van der Waals surface area (Å²) in [5, 5.41) is 10.5. The predicted molar refractivity (Wildman–Crippen MR) is 91.5 cm³/mol. The molecule has 0 saturated heterocycles. The summed E-state index contributed by atoms with van der Waals surface area (Å²) in [6.07, 6.45) is 0. The van der Waals surface area contributed by atoms with Crippen LogP contribution in [0.5, 0.6) is 0 Å². The molecule has 0 spiro atoms. The Morgan fingerprint density at radius 1 is 1.10 bits per heavy atom. The fourth-order valence-electron chi connectivity index (χ4n) is 2.59. The lowest BCUT2D eigenvalue weighted by atomic mass is 9.95. The van der Waals surface area contributed by atoms with Gasteiger partial charge >= 0.3 is 0 Å². The zero-order chi connectivity index (χ0) is 13.9. The summed E-state index contributed by atoms with van der Waals surface area (Å²) in [7, 11) is 0. The molecule has 1 aromatic heterocycles. The predicted octanol–water partition coefficient (Wildman–Crippen LogP) is 5.36. The van der Waals surface area contributed by atoms with Gasteiger partial charge in [-0.25, -0.2) is 0 Å². The molecule has 20 heavy (non-hydrogen) atoms. The van der Waals surface area contributed by atoms with Crippen LogP contribution in [0.3, 0.4) is 0 Å². The lowest BCUT2D eigenvalue weighted by Crippen LogP contribution is -2.21. The average Bonchev–Trinajstić information content (AvgIpc) is 3.00. The van der Waals surface area contributed by atoms with Crippen LogP contribution >= 0.6 is 27.3 Å². The largest absolute Gasteiger partial charge is 0.306 e. The van der Waals surface area contributed by atoms with Crippen molar-refractivity contribution in [2.24, 2.45) is 0 Å². The summed E-state index contributed by atoms with van der Waals surface area (Å²) in [5.74, 6) is 0. The molecule has 2 aromatic carbocycles. The van der Waals surface area contributed by atoms with Crippen LogP contribution in [0.25, 0.3) is 10.8 Å². The molecule has 0 fully saturated rings. The van der Waals surface area contributed by atoms with E-state index in [2.05, 4.69) is 81.4 Å². The van der Waals surface area contributed by atoms with Gasteiger partial charge in [0.2, 0.25) is 0 Å². The Hall–Kier alpha value is -1.16.